The maximum absolute atomic E-state index is 10.7. The van der Waals surface area contributed by atoms with Gasteiger partial charge in [-0.15, -0.1) is 11.3 Å². The number of rotatable bonds is 5. The minimum atomic E-state index is -0.442. The molecule has 0 aliphatic carbocycles. The van der Waals surface area contributed by atoms with Crippen molar-refractivity contribution in [2.75, 3.05) is 44.7 Å². The first-order valence-corrected chi connectivity index (χ1v) is 8.96. The van der Waals surface area contributed by atoms with Crippen molar-refractivity contribution in [3.8, 4) is 0 Å². The van der Waals surface area contributed by atoms with Gasteiger partial charge >= 0.3 is 5.69 Å². The van der Waals surface area contributed by atoms with Crippen molar-refractivity contribution in [1.29, 1.82) is 0 Å². The van der Waals surface area contributed by atoms with E-state index in [4.69, 9.17) is 0 Å². The topological polar surface area (TPSA) is 91.8 Å². The number of piperazine rings is 1. The highest BCUT2D eigenvalue weighted by atomic mass is 32.1. The smallest absolute Gasteiger partial charge is 0.306 e. The average Bonchev–Trinajstić information content (AvgIpc) is 3.31. The molecule has 1 aliphatic heterocycles. The van der Waals surface area contributed by atoms with Gasteiger partial charge in [0.1, 0.15) is 12.4 Å². The van der Waals surface area contributed by atoms with E-state index in [-0.39, 0.29) is 5.69 Å². The fraction of sp³-hybridized carbons (Fsp3) is 0.467. The number of thiophene rings is 1. The van der Waals surface area contributed by atoms with Crippen LogP contribution < -0.4 is 10.2 Å². The van der Waals surface area contributed by atoms with Gasteiger partial charge in [-0.05, 0) is 17.5 Å². The van der Waals surface area contributed by atoms with Gasteiger partial charge < -0.3 is 15.1 Å². The highest BCUT2D eigenvalue weighted by Crippen LogP contribution is 2.22. The quantitative estimate of drug-likeness (QED) is 0.372. The largest absolute Gasteiger partial charge is 0.360 e. The van der Waals surface area contributed by atoms with Crippen molar-refractivity contribution in [2.24, 2.45) is 4.99 Å². The molecule has 1 N–H and O–H groups in total. The van der Waals surface area contributed by atoms with E-state index < -0.39 is 4.92 Å². The van der Waals surface area contributed by atoms with Crippen LogP contribution in [0.25, 0.3) is 0 Å². The number of aliphatic imine (C=N–C) groups is 1. The lowest BCUT2D eigenvalue weighted by Crippen LogP contribution is -2.52. The molecule has 25 heavy (non-hydrogen) atoms. The van der Waals surface area contributed by atoms with Gasteiger partial charge in [-0.2, -0.15) is 5.10 Å². The van der Waals surface area contributed by atoms with E-state index in [1.54, 1.807) is 23.1 Å². The van der Waals surface area contributed by atoms with Crippen LogP contribution in [-0.4, -0.2) is 65.3 Å². The molecule has 0 amide bonds. The second kappa shape index (κ2) is 7.97. The zero-order chi connectivity index (χ0) is 17.6. The van der Waals surface area contributed by atoms with Gasteiger partial charge in [0.15, 0.2) is 5.96 Å². The lowest BCUT2D eigenvalue weighted by molar-refractivity contribution is -0.385. The number of nitrogens with one attached hydrogen (secondary N) is 1. The van der Waals surface area contributed by atoms with E-state index in [9.17, 15) is 10.1 Å². The number of hydrogen-bond acceptors (Lipinski definition) is 6. The molecule has 0 atom stereocenters. The predicted molar refractivity (Wildman–Crippen MR) is 98.3 cm³/mol. The molecule has 1 fully saturated rings. The highest BCUT2D eigenvalue weighted by Gasteiger charge is 2.20. The van der Waals surface area contributed by atoms with Crippen molar-refractivity contribution in [3.63, 3.8) is 0 Å². The molecule has 0 unspecified atom stereocenters. The Morgan fingerprint density at radius 3 is 2.84 bits per heavy atom. The molecular weight excluding hydrogens is 342 g/mol. The fourth-order valence-corrected chi connectivity index (χ4v) is 3.56. The summed E-state index contributed by atoms with van der Waals surface area (Å²) >= 11 is 1.76. The summed E-state index contributed by atoms with van der Waals surface area (Å²) in [5.41, 5.74) is 0.00841. The van der Waals surface area contributed by atoms with Gasteiger partial charge in [-0.25, -0.2) is 0 Å². The molecule has 0 radical (unpaired) electrons. The Bertz CT molecular complexity index is 720. The molecule has 2 aromatic heterocycles. The van der Waals surface area contributed by atoms with Crippen molar-refractivity contribution in [3.05, 3.63) is 40.0 Å². The van der Waals surface area contributed by atoms with Gasteiger partial charge in [0.2, 0.25) is 0 Å². The Morgan fingerprint density at radius 2 is 2.24 bits per heavy atom. The summed E-state index contributed by atoms with van der Waals surface area (Å²) in [6.07, 6.45) is 2.70. The SMILES string of the molecule is CN=C(NCCn1cc([N+](=O)[O-])cn1)N1CCN(c2cccs2)CC1. The van der Waals surface area contributed by atoms with Gasteiger partial charge in [0, 0.05) is 39.8 Å². The van der Waals surface area contributed by atoms with Crippen molar-refractivity contribution in [2.45, 2.75) is 6.54 Å². The van der Waals surface area contributed by atoms with Crippen LogP contribution in [0.4, 0.5) is 10.7 Å². The number of nitro groups is 1. The van der Waals surface area contributed by atoms with Crippen LogP contribution in [0.15, 0.2) is 34.9 Å². The van der Waals surface area contributed by atoms with Gasteiger partial charge in [-0.1, -0.05) is 0 Å². The minimum absolute atomic E-state index is 0.00841. The summed E-state index contributed by atoms with van der Waals surface area (Å²) in [5, 5.41) is 21.4. The number of anilines is 1. The van der Waals surface area contributed by atoms with E-state index >= 15 is 0 Å². The molecule has 0 aromatic carbocycles. The van der Waals surface area contributed by atoms with E-state index in [0.29, 0.717) is 13.1 Å². The van der Waals surface area contributed by atoms with Crippen molar-refractivity contribution >= 4 is 28.0 Å². The summed E-state index contributed by atoms with van der Waals surface area (Å²) in [6.45, 7) is 4.90. The molecule has 1 aliphatic rings. The van der Waals surface area contributed by atoms with Crippen LogP contribution in [-0.2, 0) is 6.54 Å². The molecule has 2 aromatic rings. The predicted octanol–water partition coefficient (Wildman–Crippen LogP) is 1.25. The first-order valence-electron chi connectivity index (χ1n) is 8.08. The summed E-state index contributed by atoms with van der Waals surface area (Å²) in [6, 6.07) is 4.23. The van der Waals surface area contributed by atoms with Gasteiger partial charge in [0.05, 0.1) is 16.5 Å². The zero-order valence-corrected chi connectivity index (χ0v) is 14.9. The molecule has 0 saturated carbocycles. The molecule has 1 saturated heterocycles. The van der Waals surface area contributed by atoms with Crippen molar-refractivity contribution < 1.29 is 4.92 Å². The fourth-order valence-electron chi connectivity index (χ4n) is 2.77. The third-order valence-electron chi connectivity index (χ3n) is 4.06. The van der Waals surface area contributed by atoms with Crippen molar-refractivity contribution in [1.82, 2.24) is 20.0 Å². The molecule has 3 rings (SSSR count). The molecular formula is C15H21N7O2S. The summed E-state index contributed by atoms with van der Waals surface area (Å²) < 4.78 is 1.56. The van der Waals surface area contributed by atoms with Gasteiger partial charge in [0.25, 0.3) is 0 Å². The van der Waals surface area contributed by atoms with Crippen LogP contribution in [0.3, 0.4) is 0 Å². The van der Waals surface area contributed by atoms with Crippen LogP contribution >= 0.6 is 11.3 Å². The van der Waals surface area contributed by atoms with Crippen LogP contribution in [0, 0.1) is 10.1 Å². The Kier molecular flexibility index (Phi) is 5.49. The van der Waals surface area contributed by atoms with Crippen LogP contribution in [0.2, 0.25) is 0 Å². The Balaban J connectivity index is 1.46. The molecule has 9 nitrogen and oxygen atoms in total. The minimum Gasteiger partial charge on any atom is -0.360 e. The number of nitrogens with zero attached hydrogens (tertiary/aromatic N) is 6. The second-order valence-electron chi connectivity index (χ2n) is 5.62. The normalized spacial score (nSPS) is 15.5. The number of aromatic nitrogens is 2. The van der Waals surface area contributed by atoms with Crippen LogP contribution in [0.5, 0.6) is 0 Å². The Morgan fingerprint density at radius 1 is 1.44 bits per heavy atom. The maximum atomic E-state index is 10.7. The first-order chi connectivity index (χ1) is 12.2. The zero-order valence-electron chi connectivity index (χ0n) is 14.0. The third kappa shape index (κ3) is 4.27. The Hall–Kier alpha value is -2.62. The molecule has 0 spiro atoms. The second-order valence-corrected chi connectivity index (χ2v) is 6.54. The number of guanidine groups is 1. The molecule has 0 bridgehead atoms. The standard InChI is InChI=1S/C15H21N7O2S/c1-16-15(17-4-5-21-12-13(11-18-21)22(23)24)20-8-6-19(7-9-20)14-3-2-10-25-14/h2-3,10-12H,4-9H2,1H3,(H,16,17). The monoisotopic (exact) mass is 363 g/mol. The first kappa shape index (κ1) is 17.2. The maximum Gasteiger partial charge on any atom is 0.306 e. The lowest BCUT2D eigenvalue weighted by atomic mass is 10.3. The van der Waals surface area contributed by atoms with E-state index in [0.717, 1.165) is 32.1 Å². The summed E-state index contributed by atoms with van der Waals surface area (Å²) in [5.74, 6) is 0.854. The lowest BCUT2D eigenvalue weighted by Gasteiger charge is -2.37. The van der Waals surface area contributed by atoms with E-state index in [1.165, 1.54) is 17.4 Å². The third-order valence-corrected chi connectivity index (χ3v) is 4.99. The van der Waals surface area contributed by atoms with E-state index in [1.807, 2.05) is 0 Å². The Labute approximate surface area is 149 Å². The van der Waals surface area contributed by atoms with Crippen LogP contribution in [0.1, 0.15) is 0 Å². The summed E-state index contributed by atoms with van der Waals surface area (Å²) in [4.78, 5) is 19.2. The number of hydrogen-bond donors (Lipinski definition) is 1. The molecule has 10 heteroatoms. The molecule has 134 valence electrons. The van der Waals surface area contributed by atoms with E-state index in [2.05, 4.69) is 42.7 Å². The highest BCUT2D eigenvalue weighted by molar-refractivity contribution is 7.14. The molecule has 3 heterocycles. The van der Waals surface area contributed by atoms with Gasteiger partial charge in [-0.3, -0.25) is 19.8 Å². The summed E-state index contributed by atoms with van der Waals surface area (Å²) in [7, 11) is 1.77. The average molecular weight is 363 g/mol.